The molecule has 1 aromatic rings. The van der Waals surface area contributed by atoms with Gasteiger partial charge in [0.15, 0.2) is 0 Å². The number of benzene rings is 1. The van der Waals surface area contributed by atoms with Crippen LogP contribution in [0.15, 0.2) is 29.4 Å². The van der Waals surface area contributed by atoms with Crippen LogP contribution >= 0.6 is 0 Å². The highest BCUT2D eigenvalue weighted by Crippen LogP contribution is 2.26. The van der Waals surface area contributed by atoms with Crippen LogP contribution < -0.4 is 4.72 Å². The molecule has 0 unspecified atom stereocenters. The number of hydrogen-bond donors (Lipinski definition) is 1. The fourth-order valence-corrected chi connectivity index (χ4v) is 6.94. The minimum absolute atomic E-state index is 0.0884. The number of rotatable bonds is 11. The lowest BCUT2D eigenvalue weighted by Crippen LogP contribution is -2.40. The molecule has 0 spiro atoms. The number of azide groups is 1. The van der Waals surface area contributed by atoms with Gasteiger partial charge in [0.05, 0.1) is 37.5 Å². The van der Waals surface area contributed by atoms with E-state index < -0.39 is 42.0 Å². The number of ether oxygens (including phenoxy) is 2. The van der Waals surface area contributed by atoms with Crippen LogP contribution in [0.1, 0.15) is 22.0 Å². The molecule has 10 nitrogen and oxygen atoms in total. The van der Waals surface area contributed by atoms with Crippen molar-refractivity contribution in [3.63, 3.8) is 0 Å². The molecule has 30 heavy (non-hydrogen) atoms. The van der Waals surface area contributed by atoms with Gasteiger partial charge in [0.1, 0.15) is 0 Å². The molecule has 1 N–H and O–H groups in total. The molecule has 166 valence electrons. The summed E-state index contributed by atoms with van der Waals surface area (Å²) in [7, 11) is -2.96. The molecule has 0 fully saturated rings. The second-order valence-electron chi connectivity index (χ2n) is 7.88. The molecule has 0 aliphatic rings. The molecule has 12 heteroatoms. The fraction of sp³-hybridized carbons (Fsp3) is 0.556. The van der Waals surface area contributed by atoms with E-state index in [9.17, 15) is 18.0 Å². The second kappa shape index (κ2) is 11.1. The Morgan fingerprint density at radius 3 is 2.23 bits per heavy atom. The van der Waals surface area contributed by atoms with Crippen molar-refractivity contribution in [1.29, 1.82) is 0 Å². The maximum Gasteiger partial charge on any atom is 0.337 e. The van der Waals surface area contributed by atoms with Crippen molar-refractivity contribution >= 4 is 30.0 Å². The molecule has 0 aromatic heterocycles. The Hall–Kier alpha value is -2.40. The van der Waals surface area contributed by atoms with Crippen molar-refractivity contribution in [2.75, 3.05) is 26.5 Å². The summed E-state index contributed by atoms with van der Waals surface area (Å²) in [5.74, 6) is -2.45. The van der Waals surface area contributed by atoms with E-state index in [1.54, 1.807) is 0 Å². The predicted octanol–water partition coefficient (Wildman–Crippen LogP) is 2.87. The van der Waals surface area contributed by atoms with E-state index in [0.717, 1.165) is 0 Å². The molecule has 0 aliphatic heterocycles. The fourth-order valence-electron chi connectivity index (χ4n) is 2.61. The van der Waals surface area contributed by atoms with Gasteiger partial charge in [-0.05, 0) is 29.3 Å². The first-order valence-corrected chi connectivity index (χ1v) is 14.6. The standard InChI is InChI=1S/C18H28N4O6SSi/c1-27-17(23)14-8-6-13(7-9-14)16(15(12-20-22-19)18(24)28-2)21-29(25,26)10-11-30(3,4)5/h6-9,15-16,21H,10-12H2,1-5H3/t15-,16+/m1/s1. The summed E-state index contributed by atoms with van der Waals surface area (Å²) in [6.45, 7) is 5.88. The highest BCUT2D eigenvalue weighted by atomic mass is 32.2. The largest absolute Gasteiger partial charge is 0.469 e. The minimum atomic E-state index is -3.75. The van der Waals surface area contributed by atoms with Crippen molar-refractivity contribution in [3.05, 3.63) is 45.8 Å². The van der Waals surface area contributed by atoms with Crippen LogP contribution in [0.4, 0.5) is 0 Å². The predicted molar refractivity (Wildman–Crippen MR) is 115 cm³/mol. The summed E-state index contributed by atoms with van der Waals surface area (Å²) >= 11 is 0. The van der Waals surface area contributed by atoms with Crippen LogP contribution in [0.25, 0.3) is 10.4 Å². The van der Waals surface area contributed by atoms with Crippen LogP contribution in [-0.2, 0) is 24.3 Å². The Balaban J connectivity index is 3.34. The molecule has 0 aliphatic carbocycles. The average molecular weight is 457 g/mol. The van der Waals surface area contributed by atoms with Gasteiger partial charge in [-0.15, -0.1) is 0 Å². The number of sulfonamides is 1. The summed E-state index contributed by atoms with van der Waals surface area (Å²) in [6, 6.07) is 5.46. The molecule has 1 aromatic carbocycles. The average Bonchev–Trinajstić information content (AvgIpc) is 2.70. The Labute approximate surface area is 177 Å². The highest BCUT2D eigenvalue weighted by Gasteiger charge is 2.34. The zero-order valence-electron chi connectivity index (χ0n) is 17.8. The number of hydrogen-bond acceptors (Lipinski definition) is 7. The molecule has 0 radical (unpaired) electrons. The molecule has 2 atom stereocenters. The lowest BCUT2D eigenvalue weighted by Gasteiger charge is -2.26. The highest BCUT2D eigenvalue weighted by molar-refractivity contribution is 7.89. The Morgan fingerprint density at radius 2 is 1.77 bits per heavy atom. The summed E-state index contributed by atoms with van der Waals surface area (Å²) < 4.78 is 37.5. The first kappa shape index (κ1) is 25.6. The number of esters is 2. The molecule has 1 rings (SSSR count). The zero-order chi connectivity index (χ0) is 22.9. The lowest BCUT2D eigenvalue weighted by molar-refractivity contribution is -0.146. The lowest BCUT2D eigenvalue weighted by atomic mass is 9.93. The van der Waals surface area contributed by atoms with E-state index in [4.69, 9.17) is 10.3 Å². The minimum Gasteiger partial charge on any atom is -0.469 e. The van der Waals surface area contributed by atoms with Crippen LogP contribution in [0.5, 0.6) is 0 Å². The number of methoxy groups -OCH3 is 2. The van der Waals surface area contributed by atoms with Crippen LogP contribution in [-0.4, -0.2) is 54.9 Å². The van der Waals surface area contributed by atoms with Gasteiger partial charge in [-0.2, -0.15) is 0 Å². The van der Waals surface area contributed by atoms with Gasteiger partial charge in [-0.25, -0.2) is 17.9 Å². The SMILES string of the molecule is COC(=O)c1ccc([C@H](NS(=O)(=O)CC[Si](C)(C)C)[C@@H](CN=[N+]=[N-])C(=O)OC)cc1. The third-order valence-electron chi connectivity index (χ3n) is 4.37. The maximum absolute atomic E-state index is 12.8. The van der Waals surface area contributed by atoms with Gasteiger partial charge < -0.3 is 9.47 Å². The summed E-state index contributed by atoms with van der Waals surface area (Å²) in [5, 5.41) is 3.44. The molecule has 0 bridgehead atoms. The van der Waals surface area contributed by atoms with Crippen LogP contribution in [0.3, 0.4) is 0 Å². The first-order chi connectivity index (χ1) is 13.9. The Kier molecular flexibility index (Phi) is 9.50. The van der Waals surface area contributed by atoms with Crippen molar-refractivity contribution in [3.8, 4) is 0 Å². The summed E-state index contributed by atoms with van der Waals surface area (Å²) in [4.78, 5) is 26.7. The van der Waals surface area contributed by atoms with Gasteiger partial charge in [0, 0.05) is 19.5 Å². The van der Waals surface area contributed by atoms with Gasteiger partial charge in [-0.1, -0.05) is 36.9 Å². The van der Waals surface area contributed by atoms with E-state index in [2.05, 4.69) is 39.1 Å². The molecular weight excluding hydrogens is 428 g/mol. The molecule has 0 amide bonds. The van der Waals surface area contributed by atoms with Gasteiger partial charge in [0.2, 0.25) is 10.0 Å². The van der Waals surface area contributed by atoms with E-state index >= 15 is 0 Å². The number of carbonyl (C=O) groups excluding carboxylic acids is 2. The quantitative estimate of drug-likeness (QED) is 0.178. The number of nitrogens with zero attached hydrogens (tertiary/aromatic N) is 3. The topological polar surface area (TPSA) is 148 Å². The van der Waals surface area contributed by atoms with E-state index in [1.165, 1.54) is 38.5 Å². The zero-order valence-corrected chi connectivity index (χ0v) is 19.6. The van der Waals surface area contributed by atoms with Crippen molar-refractivity contribution < 1.29 is 27.5 Å². The molecular formula is C18H28N4O6SSi. The number of nitrogens with one attached hydrogen (secondary N) is 1. The van der Waals surface area contributed by atoms with Crippen molar-refractivity contribution in [2.24, 2.45) is 11.0 Å². The van der Waals surface area contributed by atoms with E-state index in [-0.39, 0.29) is 17.9 Å². The summed E-state index contributed by atoms with van der Waals surface area (Å²) in [6.07, 6.45) is 0. The Bertz CT molecular complexity index is 892. The first-order valence-electron chi connectivity index (χ1n) is 9.21. The van der Waals surface area contributed by atoms with Gasteiger partial charge in [0.25, 0.3) is 0 Å². The second-order valence-corrected chi connectivity index (χ2v) is 15.4. The monoisotopic (exact) mass is 456 g/mol. The molecule has 0 saturated carbocycles. The van der Waals surface area contributed by atoms with Crippen LogP contribution in [0.2, 0.25) is 25.7 Å². The normalized spacial score (nSPS) is 13.6. The van der Waals surface area contributed by atoms with E-state index in [1.807, 2.05) is 0 Å². The van der Waals surface area contributed by atoms with Crippen LogP contribution in [0, 0.1) is 5.92 Å². The number of carbonyl (C=O) groups is 2. The Morgan fingerprint density at radius 1 is 1.17 bits per heavy atom. The third-order valence-corrected chi connectivity index (χ3v) is 7.83. The van der Waals surface area contributed by atoms with Gasteiger partial charge >= 0.3 is 11.9 Å². The van der Waals surface area contributed by atoms with Gasteiger partial charge in [-0.3, -0.25) is 4.79 Å². The molecule has 0 heterocycles. The summed E-state index contributed by atoms with van der Waals surface area (Å²) in [5.41, 5.74) is 9.36. The maximum atomic E-state index is 12.8. The third kappa shape index (κ3) is 8.15. The van der Waals surface area contributed by atoms with Crippen molar-refractivity contribution in [1.82, 2.24) is 4.72 Å². The smallest absolute Gasteiger partial charge is 0.337 e. The van der Waals surface area contributed by atoms with Crippen molar-refractivity contribution in [2.45, 2.75) is 31.7 Å². The van der Waals surface area contributed by atoms with E-state index in [0.29, 0.717) is 11.6 Å². The molecule has 0 saturated heterocycles.